The molecule has 21 heavy (non-hydrogen) atoms. The van der Waals surface area contributed by atoms with E-state index >= 15 is 0 Å². The topological polar surface area (TPSA) is 55.3 Å². The molecule has 5 nitrogen and oxygen atoms in total. The fourth-order valence-electron chi connectivity index (χ4n) is 2.41. The summed E-state index contributed by atoms with van der Waals surface area (Å²) in [7, 11) is 0. The summed E-state index contributed by atoms with van der Waals surface area (Å²) < 4.78 is 5.84. The molecule has 0 radical (unpaired) electrons. The van der Waals surface area contributed by atoms with E-state index in [2.05, 4.69) is 10.2 Å². The first-order valence-corrected chi connectivity index (χ1v) is 7.95. The van der Waals surface area contributed by atoms with Crippen LogP contribution in [0.1, 0.15) is 28.9 Å². The van der Waals surface area contributed by atoms with E-state index in [9.17, 15) is 4.79 Å². The van der Waals surface area contributed by atoms with Crippen molar-refractivity contribution >= 4 is 17.2 Å². The van der Waals surface area contributed by atoms with E-state index in [1.807, 2.05) is 40.8 Å². The maximum atomic E-state index is 12.4. The molecule has 1 aliphatic heterocycles. The lowest BCUT2D eigenvalue weighted by Crippen LogP contribution is -2.44. The molecule has 6 heteroatoms. The second-order valence-electron chi connectivity index (χ2n) is 5.16. The van der Waals surface area contributed by atoms with Gasteiger partial charge in [0.1, 0.15) is 6.10 Å². The molecule has 0 N–H and O–H groups in total. The molecule has 1 saturated heterocycles. The molecule has 1 amide bonds. The average Bonchev–Trinajstić information content (AvgIpc) is 3.03. The molecule has 1 fully saturated rings. The van der Waals surface area contributed by atoms with Gasteiger partial charge in [0, 0.05) is 18.0 Å². The zero-order valence-corrected chi connectivity index (χ0v) is 12.7. The van der Waals surface area contributed by atoms with Gasteiger partial charge in [-0.15, -0.1) is 5.10 Å². The third-order valence-electron chi connectivity index (χ3n) is 3.49. The smallest absolute Gasteiger partial charge is 0.254 e. The standard InChI is InChI=1S/C15H17N3O2S/c1-11-4-5-14(17-16-11)20-13-3-2-7-18(9-13)15(19)12-6-8-21-10-12/h4-6,8,10,13H,2-3,7,9H2,1H3. The second-order valence-corrected chi connectivity index (χ2v) is 5.94. The van der Waals surface area contributed by atoms with Gasteiger partial charge in [-0.05, 0) is 37.3 Å². The highest BCUT2D eigenvalue weighted by molar-refractivity contribution is 7.08. The molecule has 1 unspecified atom stereocenters. The molecule has 0 aromatic carbocycles. The van der Waals surface area contributed by atoms with Crippen LogP contribution in [0.4, 0.5) is 0 Å². The van der Waals surface area contributed by atoms with E-state index in [1.165, 1.54) is 11.3 Å². The largest absolute Gasteiger partial charge is 0.471 e. The SMILES string of the molecule is Cc1ccc(OC2CCCN(C(=O)c3ccsc3)C2)nn1. The summed E-state index contributed by atoms with van der Waals surface area (Å²) in [4.78, 5) is 14.2. The zero-order chi connectivity index (χ0) is 14.7. The first kappa shape index (κ1) is 14.0. The lowest BCUT2D eigenvalue weighted by molar-refractivity contribution is 0.0526. The summed E-state index contributed by atoms with van der Waals surface area (Å²) >= 11 is 1.54. The number of hydrogen-bond acceptors (Lipinski definition) is 5. The van der Waals surface area contributed by atoms with Crippen molar-refractivity contribution < 1.29 is 9.53 Å². The average molecular weight is 303 g/mol. The fraction of sp³-hybridized carbons (Fsp3) is 0.400. The number of thiophene rings is 1. The van der Waals surface area contributed by atoms with Gasteiger partial charge in [0.05, 0.1) is 17.8 Å². The fourth-order valence-corrected chi connectivity index (χ4v) is 3.04. The lowest BCUT2D eigenvalue weighted by atomic mass is 10.1. The maximum absolute atomic E-state index is 12.4. The molecule has 0 saturated carbocycles. The summed E-state index contributed by atoms with van der Waals surface area (Å²) in [5.41, 5.74) is 1.62. The maximum Gasteiger partial charge on any atom is 0.254 e. The Morgan fingerprint density at radius 2 is 2.29 bits per heavy atom. The number of carbonyl (C=O) groups is 1. The predicted molar refractivity (Wildman–Crippen MR) is 80.6 cm³/mol. The minimum atomic E-state index is -0.0154. The molecule has 1 atom stereocenters. The van der Waals surface area contributed by atoms with Crippen LogP contribution in [0.5, 0.6) is 5.88 Å². The number of aryl methyl sites for hydroxylation is 1. The quantitative estimate of drug-likeness (QED) is 0.874. The molecule has 3 heterocycles. The Bertz CT molecular complexity index is 598. The summed E-state index contributed by atoms with van der Waals surface area (Å²) in [6.07, 6.45) is 1.86. The Morgan fingerprint density at radius 3 is 3.00 bits per heavy atom. The minimum absolute atomic E-state index is 0.0154. The van der Waals surface area contributed by atoms with E-state index in [0.717, 1.165) is 30.6 Å². The summed E-state index contributed by atoms with van der Waals surface area (Å²) in [6.45, 7) is 3.27. The third-order valence-corrected chi connectivity index (χ3v) is 4.18. The van der Waals surface area contributed by atoms with Crippen molar-refractivity contribution in [3.63, 3.8) is 0 Å². The number of carbonyl (C=O) groups excluding carboxylic acids is 1. The van der Waals surface area contributed by atoms with Crippen LogP contribution in [0.3, 0.4) is 0 Å². The summed E-state index contributed by atoms with van der Waals surface area (Å²) in [6, 6.07) is 5.56. The van der Waals surface area contributed by atoms with E-state index in [-0.39, 0.29) is 12.0 Å². The number of likely N-dealkylation sites (tertiary alicyclic amines) is 1. The second kappa shape index (κ2) is 6.22. The number of aromatic nitrogens is 2. The lowest BCUT2D eigenvalue weighted by Gasteiger charge is -2.32. The Kier molecular flexibility index (Phi) is 4.15. The van der Waals surface area contributed by atoms with Gasteiger partial charge in [-0.2, -0.15) is 16.4 Å². The van der Waals surface area contributed by atoms with Crippen LogP contribution in [0.2, 0.25) is 0 Å². The van der Waals surface area contributed by atoms with Crippen LogP contribution in [-0.4, -0.2) is 40.2 Å². The highest BCUT2D eigenvalue weighted by atomic mass is 32.1. The van der Waals surface area contributed by atoms with Crippen molar-refractivity contribution in [2.75, 3.05) is 13.1 Å². The molecular formula is C15H17N3O2S. The Morgan fingerprint density at radius 1 is 1.38 bits per heavy atom. The monoisotopic (exact) mass is 303 g/mol. The van der Waals surface area contributed by atoms with Crippen LogP contribution < -0.4 is 4.74 Å². The van der Waals surface area contributed by atoms with Gasteiger partial charge in [0.2, 0.25) is 5.88 Å². The molecule has 0 bridgehead atoms. The van der Waals surface area contributed by atoms with Gasteiger partial charge in [-0.1, -0.05) is 0 Å². The third kappa shape index (κ3) is 3.39. The van der Waals surface area contributed by atoms with E-state index < -0.39 is 0 Å². The van der Waals surface area contributed by atoms with E-state index in [1.54, 1.807) is 0 Å². The van der Waals surface area contributed by atoms with Crippen molar-refractivity contribution in [2.24, 2.45) is 0 Å². The van der Waals surface area contributed by atoms with Gasteiger partial charge in [0.25, 0.3) is 5.91 Å². The van der Waals surface area contributed by atoms with Crippen molar-refractivity contribution in [1.29, 1.82) is 0 Å². The van der Waals surface area contributed by atoms with Crippen LogP contribution in [0, 0.1) is 6.92 Å². The highest BCUT2D eigenvalue weighted by Gasteiger charge is 2.26. The zero-order valence-electron chi connectivity index (χ0n) is 11.9. The van der Waals surface area contributed by atoms with Crippen molar-refractivity contribution in [3.8, 4) is 5.88 Å². The van der Waals surface area contributed by atoms with Crippen LogP contribution in [-0.2, 0) is 0 Å². The molecule has 1 aliphatic rings. The van der Waals surface area contributed by atoms with Crippen LogP contribution >= 0.6 is 11.3 Å². The van der Waals surface area contributed by atoms with Crippen molar-refractivity contribution in [3.05, 3.63) is 40.2 Å². The number of ether oxygens (including phenoxy) is 1. The van der Waals surface area contributed by atoms with Gasteiger partial charge >= 0.3 is 0 Å². The van der Waals surface area contributed by atoms with Crippen molar-refractivity contribution in [1.82, 2.24) is 15.1 Å². The van der Waals surface area contributed by atoms with Gasteiger partial charge in [0.15, 0.2) is 0 Å². The number of rotatable bonds is 3. The number of hydrogen-bond donors (Lipinski definition) is 0. The molecule has 2 aromatic rings. The highest BCUT2D eigenvalue weighted by Crippen LogP contribution is 2.19. The normalized spacial score (nSPS) is 18.5. The van der Waals surface area contributed by atoms with Crippen molar-refractivity contribution in [2.45, 2.75) is 25.9 Å². The van der Waals surface area contributed by atoms with Crippen LogP contribution in [0.15, 0.2) is 29.0 Å². The molecule has 0 aliphatic carbocycles. The van der Waals surface area contributed by atoms with Crippen LogP contribution in [0.25, 0.3) is 0 Å². The predicted octanol–water partition coefficient (Wildman–Crippen LogP) is 2.53. The number of nitrogens with zero attached hydrogens (tertiary/aromatic N) is 3. The molecule has 110 valence electrons. The van der Waals surface area contributed by atoms with Gasteiger partial charge < -0.3 is 9.64 Å². The molecule has 2 aromatic heterocycles. The first-order chi connectivity index (χ1) is 10.2. The summed E-state index contributed by atoms with van der Waals surface area (Å²) in [5.74, 6) is 0.606. The molecular weight excluding hydrogens is 286 g/mol. The summed E-state index contributed by atoms with van der Waals surface area (Å²) in [5, 5.41) is 11.8. The van der Waals surface area contributed by atoms with Gasteiger partial charge in [-0.25, -0.2) is 0 Å². The minimum Gasteiger partial charge on any atom is -0.471 e. The molecule has 3 rings (SSSR count). The Balaban J connectivity index is 1.63. The Labute approximate surface area is 127 Å². The first-order valence-electron chi connectivity index (χ1n) is 7.01. The van der Waals surface area contributed by atoms with E-state index in [4.69, 9.17) is 4.74 Å². The molecule has 0 spiro atoms. The number of piperidine rings is 1. The van der Waals surface area contributed by atoms with Gasteiger partial charge in [-0.3, -0.25) is 4.79 Å². The number of amides is 1. The Hall–Kier alpha value is -1.95. The van der Waals surface area contributed by atoms with E-state index in [0.29, 0.717) is 12.4 Å².